The predicted molar refractivity (Wildman–Crippen MR) is 80.1 cm³/mol. The average molecular weight is 286 g/mol. The highest BCUT2D eigenvalue weighted by molar-refractivity contribution is 6.31. The third-order valence-electron chi connectivity index (χ3n) is 2.87. The zero-order valence-electron chi connectivity index (χ0n) is 11.9. The Balaban J connectivity index is 2.51. The van der Waals surface area contributed by atoms with Crippen LogP contribution in [0.2, 0.25) is 5.02 Å². The number of methoxy groups -OCH3 is 1. The van der Waals surface area contributed by atoms with E-state index in [0.717, 1.165) is 35.9 Å². The van der Waals surface area contributed by atoms with Crippen molar-refractivity contribution in [3.63, 3.8) is 0 Å². The second-order valence-corrected chi connectivity index (χ2v) is 4.85. The van der Waals surface area contributed by atoms with Crippen molar-refractivity contribution in [1.82, 2.24) is 5.32 Å². The van der Waals surface area contributed by atoms with Gasteiger partial charge < -0.3 is 14.8 Å². The number of unbranched alkanes of at least 4 members (excludes halogenated alkanes) is 2. The molecule has 0 saturated heterocycles. The van der Waals surface area contributed by atoms with Crippen molar-refractivity contribution >= 4 is 11.6 Å². The molecule has 0 fully saturated rings. The Labute approximate surface area is 121 Å². The van der Waals surface area contributed by atoms with Gasteiger partial charge in [-0.25, -0.2) is 0 Å². The summed E-state index contributed by atoms with van der Waals surface area (Å²) in [5, 5.41) is 4.04. The summed E-state index contributed by atoms with van der Waals surface area (Å²) < 4.78 is 10.8. The molecule has 3 nitrogen and oxygen atoms in total. The van der Waals surface area contributed by atoms with Gasteiger partial charge >= 0.3 is 0 Å². The lowest BCUT2D eigenvalue weighted by Gasteiger charge is -2.13. The van der Waals surface area contributed by atoms with Crippen LogP contribution >= 0.6 is 11.6 Å². The number of ether oxygens (including phenoxy) is 2. The van der Waals surface area contributed by atoms with E-state index in [1.165, 1.54) is 12.8 Å². The standard InChI is InChI=1S/C15H24ClNO2/c1-3-4-5-10-19-15-8-6-7-14(16)13(15)12-17-9-11-18-2/h6-8,17H,3-5,9-12H2,1-2H3. The summed E-state index contributed by atoms with van der Waals surface area (Å²) in [4.78, 5) is 0. The number of rotatable bonds is 10. The molecule has 0 aliphatic carbocycles. The summed E-state index contributed by atoms with van der Waals surface area (Å²) in [7, 11) is 1.69. The van der Waals surface area contributed by atoms with E-state index in [4.69, 9.17) is 21.1 Å². The van der Waals surface area contributed by atoms with E-state index in [-0.39, 0.29) is 0 Å². The van der Waals surface area contributed by atoms with E-state index in [1.54, 1.807) is 7.11 Å². The van der Waals surface area contributed by atoms with Crippen LogP contribution in [0.1, 0.15) is 31.7 Å². The Morgan fingerprint density at radius 1 is 1.21 bits per heavy atom. The van der Waals surface area contributed by atoms with Gasteiger partial charge in [-0.05, 0) is 18.6 Å². The lowest BCUT2D eigenvalue weighted by atomic mass is 10.2. The molecular formula is C15H24ClNO2. The topological polar surface area (TPSA) is 30.5 Å². The first kappa shape index (κ1) is 16.3. The van der Waals surface area contributed by atoms with Crippen LogP contribution in [0.15, 0.2) is 18.2 Å². The maximum Gasteiger partial charge on any atom is 0.125 e. The summed E-state index contributed by atoms with van der Waals surface area (Å²) >= 11 is 6.23. The summed E-state index contributed by atoms with van der Waals surface area (Å²) in [6.45, 7) is 5.13. The van der Waals surface area contributed by atoms with Crippen molar-refractivity contribution in [3.8, 4) is 5.75 Å². The fourth-order valence-electron chi connectivity index (χ4n) is 1.77. The molecule has 1 aromatic rings. The number of halogens is 1. The molecule has 1 aromatic carbocycles. The maximum atomic E-state index is 6.23. The van der Waals surface area contributed by atoms with Crippen LogP contribution in [0, 0.1) is 0 Å². The molecule has 0 aliphatic heterocycles. The number of hydrogen-bond acceptors (Lipinski definition) is 3. The van der Waals surface area contributed by atoms with Crippen molar-refractivity contribution in [1.29, 1.82) is 0 Å². The molecule has 1 N–H and O–H groups in total. The number of benzene rings is 1. The molecule has 19 heavy (non-hydrogen) atoms. The molecule has 0 aromatic heterocycles. The maximum absolute atomic E-state index is 6.23. The number of nitrogens with one attached hydrogen (secondary N) is 1. The van der Waals surface area contributed by atoms with Gasteiger partial charge in [0.2, 0.25) is 0 Å². The Hall–Kier alpha value is -0.770. The minimum atomic E-state index is 0.692. The zero-order chi connectivity index (χ0) is 13.9. The number of hydrogen-bond donors (Lipinski definition) is 1. The third-order valence-corrected chi connectivity index (χ3v) is 3.22. The van der Waals surface area contributed by atoms with E-state index < -0.39 is 0 Å². The molecular weight excluding hydrogens is 262 g/mol. The summed E-state index contributed by atoms with van der Waals surface area (Å²) in [6, 6.07) is 5.80. The molecule has 108 valence electrons. The van der Waals surface area contributed by atoms with Crippen LogP contribution in [-0.4, -0.2) is 26.9 Å². The van der Waals surface area contributed by atoms with E-state index in [1.807, 2.05) is 18.2 Å². The van der Waals surface area contributed by atoms with E-state index in [9.17, 15) is 0 Å². The summed E-state index contributed by atoms with van der Waals surface area (Å²) in [6.07, 6.45) is 3.48. The van der Waals surface area contributed by atoms with Gasteiger partial charge in [0.15, 0.2) is 0 Å². The van der Waals surface area contributed by atoms with Gasteiger partial charge in [0, 0.05) is 30.8 Å². The predicted octanol–water partition coefficient (Wildman–Crippen LogP) is 3.65. The molecule has 0 unspecified atom stereocenters. The van der Waals surface area contributed by atoms with Crippen molar-refractivity contribution < 1.29 is 9.47 Å². The van der Waals surface area contributed by atoms with Gasteiger partial charge in [-0.3, -0.25) is 0 Å². The fourth-order valence-corrected chi connectivity index (χ4v) is 2.00. The van der Waals surface area contributed by atoms with Crippen molar-refractivity contribution in [2.24, 2.45) is 0 Å². The first-order chi connectivity index (χ1) is 9.29. The second-order valence-electron chi connectivity index (χ2n) is 4.44. The first-order valence-electron chi connectivity index (χ1n) is 6.89. The molecule has 0 amide bonds. The lowest BCUT2D eigenvalue weighted by Crippen LogP contribution is -2.19. The molecule has 4 heteroatoms. The SMILES string of the molecule is CCCCCOc1cccc(Cl)c1CNCCOC. The van der Waals surface area contributed by atoms with Crippen LogP contribution in [0.4, 0.5) is 0 Å². The Kier molecular flexibility index (Phi) is 8.63. The molecule has 0 heterocycles. The van der Waals surface area contributed by atoms with Gasteiger partial charge in [0.25, 0.3) is 0 Å². The van der Waals surface area contributed by atoms with Gasteiger partial charge in [0.1, 0.15) is 5.75 Å². The summed E-state index contributed by atoms with van der Waals surface area (Å²) in [5.41, 5.74) is 1.02. The first-order valence-corrected chi connectivity index (χ1v) is 7.27. The fraction of sp³-hybridized carbons (Fsp3) is 0.600. The van der Waals surface area contributed by atoms with Crippen LogP contribution in [0.5, 0.6) is 5.75 Å². The largest absolute Gasteiger partial charge is 0.493 e. The highest BCUT2D eigenvalue weighted by atomic mass is 35.5. The van der Waals surface area contributed by atoms with Crippen molar-refractivity contribution in [2.45, 2.75) is 32.7 Å². The van der Waals surface area contributed by atoms with Gasteiger partial charge in [-0.15, -0.1) is 0 Å². The van der Waals surface area contributed by atoms with Crippen LogP contribution < -0.4 is 10.1 Å². The molecule has 0 radical (unpaired) electrons. The van der Waals surface area contributed by atoms with Crippen molar-refractivity contribution in [2.75, 3.05) is 26.9 Å². The molecule has 0 spiro atoms. The normalized spacial score (nSPS) is 10.7. The Morgan fingerprint density at radius 2 is 2.05 bits per heavy atom. The zero-order valence-corrected chi connectivity index (χ0v) is 12.6. The van der Waals surface area contributed by atoms with Gasteiger partial charge in [0.05, 0.1) is 13.2 Å². The average Bonchev–Trinajstić information content (AvgIpc) is 2.42. The molecule has 0 bridgehead atoms. The molecule has 1 rings (SSSR count). The second kappa shape index (κ2) is 10.1. The van der Waals surface area contributed by atoms with Gasteiger partial charge in [-0.2, -0.15) is 0 Å². The van der Waals surface area contributed by atoms with E-state index in [0.29, 0.717) is 13.2 Å². The third kappa shape index (κ3) is 6.28. The minimum absolute atomic E-state index is 0.692. The van der Waals surface area contributed by atoms with Gasteiger partial charge in [-0.1, -0.05) is 37.4 Å². The molecule has 0 saturated carbocycles. The minimum Gasteiger partial charge on any atom is -0.493 e. The van der Waals surface area contributed by atoms with Crippen LogP contribution in [0.3, 0.4) is 0 Å². The monoisotopic (exact) mass is 285 g/mol. The highest BCUT2D eigenvalue weighted by Gasteiger charge is 2.07. The van der Waals surface area contributed by atoms with E-state index in [2.05, 4.69) is 12.2 Å². The Bertz CT molecular complexity index is 358. The highest BCUT2D eigenvalue weighted by Crippen LogP contribution is 2.26. The smallest absolute Gasteiger partial charge is 0.125 e. The Morgan fingerprint density at radius 3 is 2.79 bits per heavy atom. The van der Waals surface area contributed by atoms with Crippen molar-refractivity contribution in [3.05, 3.63) is 28.8 Å². The van der Waals surface area contributed by atoms with Crippen LogP contribution in [-0.2, 0) is 11.3 Å². The van der Waals surface area contributed by atoms with E-state index >= 15 is 0 Å². The molecule has 0 atom stereocenters. The molecule has 0 aliphatic rings. The lowest BCUT2D eigenvalue weighted by molar-refractivity contribution is 0.199. The summed E-state index contributed by atoms with van der Waals surface area (Å²) in [5.74, 6) is 0.883. The van der Waals surface area contributed by atoms with Crippen LogP contribution in [0.25, 0.3) is 0 Å². The quantitative estimate of drug-likeness (QED) is 0.666.